The molecule has 0 aliphatic carbocycles. The Morgan fingerprint density at radius 1 is 0.867 bits per heavy atom. The fourth-order valence-corrected chi connectivity index (χ4v) is 6.44. The van der Waals surface area contributed by atoms with Crippen LogP contribution in [0, 0.1) is 12.7 Å². The van der Waals surface area contributed by atoms with Crippen LogP contribution in [0.3, 0.4) is 0 Å². The van der Waals surface area contributed by atoms with Gasteiger partial charge in [-0.2, -0.15) is 0 Å². The molecular formula is C35H37ClFN3O4S. The minimum absolute atomic E-state index is 0.0940. The van der Waals surface area contributed by atoms with E-state index >= 15 is 4.39 Å². The van der Waals surface area contributed by atoms with Crippen LogP contribution in [0.25, 0.3) is 0 Å². The SMILES string of the molecule is Cc1ccc(S(=O)(=O)N(CC(=O)N(Cc2ccccc2Cl)[C@H](Cc2ccccc2)C(=O)NC(C)(C)C)c2ccccc2F)cc1. The Bertz CT molecular complexity index is 1740. The summed E-state index contributed by atoms with van der Waals surface area (Å²) in [6.45, 7) is 6.45. The summed E-state index contributed by atoms with van der Waals surface area (Å²) in [6, 6.07) is 26.6. The molecule has 0 spiro atoms. The van der Waals surface area contributed by atoms with E-state index in [0.29, 0.717) is 10.6 Å². The largest absolute Gasteiger partial charge is 0.350 e. The molecule has 0 unspecified atom stereocenters. The lowest BCUT2D eigenvalue weighted by atomic mass is 10.0. The van der Waals surface area contributed by atoms with E-state index in [1.807, 2.05) is 58.0 Å². The molecule has 45 heavy (non-hydrogen) atoms. The number of rotatable bonds is 11. The Labute approximate surface area is 269 Å². The Kier molecular flexibility index (Phi) is 10.7. The third-order valence-electron chi connectivity index (χ3n) is 7.08. The van der Waals surface area contributed by atoms with Crippen LogP contribution >= 0.6 is 11.6 Å². The number of nitrogens with one attached hydrogen (secondary N) is 1. The topological polar surface area (TPSA) is 86.8 Å². The summed E-state index contributed by atoms with van der Waals surface area (Å²) in [6.07, 6.45) is 0.142. The molecule has 0 radical (unpaired) electrons. The van der Waals surface area contributed by atoms with Gasteiger partial charge in [-0.3, -0.25) is 13.9 Å². The molecule has 10 heteroatoms. The fourth-order valence-electron chi connectivity index (χ4n) is 4.82. The van der Waals surface area contributed by atoms with Crippen LogP contribution in [0.15, 0.2) is 108 Å². The van der Waals surface area contributed by atoms with Crippen LogP contribution in [0.1, 0.15) is 37.5 Å². The van der Waals surface area contributed by atoms with Crippen molar-refractivity contribution in [3.05, 3.63) is 131 Å². The van der Waals surface area contributed by atoms with E-state index < -0.39 is 45.8 Å². The number of halogens is 2. The van der Waals surface area contributed by atoms with Crippen molar-refractivity contribution >= 4 is 39.1 Å². The molecule has 0 aromatic heterocycles. The van der Waals surface area contributed by atoms with Crippen molar-refractivity contribution in [3.63, 3.8) is 0 Å². The van der Waals surface area contributed by atoms with Crippen molar-refractivity contribution in [2.45, 2.75) is 57.1 Å². The second-order valence-corrected chi connectivity index (χ2v) is 14.1. The molecular weight excluding hydrogens is 613 g/mol. The highest BCUT2D eigenvalue weighted by Crippen LogP contribution is 2.28. The van der Waals surface area contributed by atoms with Crippen molar-refractivity contribution in [2.75, 3.05) is 10.8 Å². The van der Waals surface area contributed by atoms with Crippen molar-refractivity contribution in [2.24, 2.45) is 0 Å². The monoisotopic (exact) mass is 649 g/mol. The quantitative estimate of drug-likeness (QED) is 0.200. The van der Waals surface area contributed by atoms with Gasteiger partial charge in [-0.25, -0.2) is 12.8 Å². The van der Waals surface area contributed by atoms with Gasteiger partial charge >= 0.3 is 0 Å². The Morgan fingerprint density at radius 2 is 1.47 bits per heavy atom. The number of amides is 2. The third kappa shape index (κ3) is 8.71. The molecule has 4 rings (SSSR count). The lowest BCUT2D eigenvalue weighted by Gasteiger charge is -2.35. The maximum atomic E-state index is 15.2. The molecule has 1 N–H and O–H groups in total. The highest BCUT2D eigenvalue weighted by molar-refractivity contribution is 7.92. The molecule has 0 heterocycles. The summed E-state index contributed by atoms with van der Waals surface area (Å²) in [5.74, 6) is -1.95. The molecule has 0 saturated heterocycles. The molecule has 0 bridgehead atoms. The summed E-state index contributed by atoms with van der Waals surface area (Å²) in [4.78, 5) is 29.6. The predicted octanol–water partition coefficient (Wildman–Crippen LogP) is 6.54. The minimum atomic E-state index is -4.42. The molecule has 7 nitrogen and oxygen atoms in total. The molecule has 1 atom stereocenters. The molecule has 2 amide bonds. The van der Waals surface area contributed by atoms with E-state index in [4.69, 9.17) is 11.6 Å². The minimum Gasteiger partial charge on any atom is -0.350 e. The number of hydrogen-bond acceptors (Lipinski definition) is 4. The van der Waals surface area contributed by atoms with Crippen LogP contribution in [0.4, 0.5) is 10.1 Å². The molecule has 0 saturated carbocycles. The van der Waals surface area contributed by atoms with Gasteiger partial charge in [-0.1, -0.05) is 90.0 Å². The number of aryl methyl sites for hydroxylation is 1. The number of para-hydroxylation sites is 1. The standard InChI is InChI=1S/C35H37ClFN3O4S/c1-25-18-20-28(21-19-25)45(43,44)40(31-17-11-10-16-30(31)37)24-33(41)39(23-27-14-8-9-15-29(27)36)32(34(42)38-35(2,3)4)22-26-12-6-5-7-13-26/h5-21,32H,22-24H2,1-4H3,(H,38,42)/t32-/m1/s1. The van der Waals surface area contributed by atoms with E-state index in [9.17, 15) is 18.0 Å². The lowest BCUT2D eigenvalue weighted by Crippen LogP contribution is -2.56. The number of sulfonamides is 1. The van der Waals surface area contributed by atoms with Gasteiger partial charge in [0.25, 0.3) is 10.0 Å². The van der Waals surface area contributed by atoms with Crippen LogP contribution in [0.5, 0.6) is 0 Å². The number of nitrogens with zero attached hydrogens (tertiary/aromatic N) is 2. The van der Waals surface area contributed by atoms with Crippen molar-refractivity contribution < 1.29 is 22.4 Å². The molecule has 4 aromatic rings. The van der Waals surface area contributed by atoms with Crippen LogP contribution < -0.4 is 9.62 Å². The Hall–Kier alpha value is -4.21. The summed E-state index contributed by atoms with van der Waals surface area (Å²) in [7, 11) is -4.42. The Morgan fingerprint density at radius 3 is 2.09 bits per heavy atom. The zero-order valence-corrected chi connectivity index (χ0v) is 27.3. The molecule has 0 aliphatic rings. The van der Waals surface area contributed by atoms with Crippen molar-refractivity contribution in [1.82, 2.24) is 10.2 Å². The summed E-state index contributed by atoms with van der Waals surface area (Å²) in [5, 5.41) is 3.35. The van der Waals surface area contributed by atoms with Gasteiger partial charge in [-0.15, -0.1) is 0 Å². The molecule has 236 valence electrons. The lowest BCUT2D eigenvalue weighted by molar-refractivity contribution is -0.140. The van der Waals surface area contributed by atoms with Crippen molar-refractivity contribution in [3.8, 4) is 0 Å². The summed E-state index contributed by atoms with van der Waals surface area (Å²) < 4.78 is 44.1. The average molecular weight is 650 g/mol. The van der Waals surface area contributed by atoms with Crippen molar-refractivity contribution in [1.29, 1.82) is 0 Å². The molecule has 0 fully saturated rings. The van der Waals surface area contributed by atoms with Gasteiger partial charge in [0.2, 0.25) is 11.8 Å². The highest BCUT2D eigenvalue weighted by Gasteiger charge is 2.36. The van der Waals surface area contributed by atoms with Gasteiger partial charge in [0.15, 0.2) is 0 Å². The predicted molar refractivity (Wildman–Crippen MR) is 176 cm³/mol. The normalized spacial score (nSPS) is 12.3. The van der Waals surface area contributed by atoms with Crippen LogP contribution in [0.2, 0.25) is 5.02 Å². The number of benzene rings is 4. The first kappa shape index (κ1) is 33.7. The van der Waals surface area contributed by atoms with E-state index in [1.165, 1.54) is 35.2 Å². The van der Waals surface area contributed by atoms with E-state index in [-0.39, 0.29) is 23.5 Å². The summed E-state index contributed by atoms with van der Waals surface area (Å²) in [5.41, 5.74) is 1.28. The highest BCUT2D eigenvalue weighted by atomic mass is 35.5. The van der Waals surface area contributed by atoms with E-state index in [0.717, 1.165) is 21.5 Å². The maximum Gasteiger partial charge on any atom is 0.264 e. The second-order valence-electron chi connectivity index (χ2n) is 11.8. The van der Waals surface area contributed by atoms with Gasteiger partial charge in [-0.05, 0) is 69.2 Å². The first-order chi connectivity index (χ1) is 21.3. The molecule has 0 aliphatic heterocycles. The number of hydrogen-bond donors (Lipinski definition) is 1. The summed E-state index contributed by atoms with van der Waals surface area (Å²) >= 11 is 6.52. The van der Waals surface area contributed by atoms with E-state index in [2.05, 4.69) is 5.32 Å². The molecule has 4 aromatic carbocycles. The third-order valence-corrected chi connectivity index (χ3v) is 9.22. The van der Waals surface area contributed by atoms with Gasteiger partial charge in [0, 0.05) is 23.5 Å². The smallest absolute Gasteiger partial charge is 0.264 e. The number of carbonyl (C=O) groups is 2. The van der Waals surface area contributed by atoms with Crippen LogP contribution in [-0.2, 0) is 32.6 Å². The van der Waals surface area contributed by atoms with Gasteiger partial charge in [0.1, 0.15) is 18.4 Å². The number of carbonyl (C=O) groups excluding carboxylic acids is 2. The first-order valence-corrected chi connectivity index (χ1v) is 16.3. The zero-order chi connectivity index (χ0) is 32.8. The zero-order valence-electron chi connectivity index (χ0n) is 25.7. The average Bonchev–Trinajstić information content (AvgIpc) is 2.98. The van der Waals surface area contributed by atoms with Crippen LogP contribution in [-0.4, -0.2) is 43.3 Å². The number of anilines is 1. The van der Waals surface area contributed by atoms with Gasteiger partial charge < -0.3 is 10.2 Å². The first-order valence-electron chi connectivity index (χ1n) is 14.5. The van der Waals surface area contributed by atoms with E-state index in [1.54, 1.807) is 36.4 Å². The van der Waals surface area contributed by atoms with Gasteiger partial charge in [0.05, 0.1) is 10.6 Å². The maximum absolute atomic E-state index is 15.2. The fraction of sp³-hybridized carbons (Fsp3) is 0.257. The Balaban J connectivity index is 1.84. The second kappa shape index (κ2) is 14.3.